The van der Waals surface area contributed by atoms with Crippen LogP contribution >= 0.6 is 0 Å². The van der Waals surface area contributed by atoms with Crippen molar-refractivity contribution in [2.75, 3.05) is 17.8 Å². The molecule has 0 heterocycles. The molecule has 3 aromatic carbocycles. The second kappa shape index (κ2) is 9.56. The Bertz CT molecular complexity index is 1000. The van der Waals surface area contributed by atoms with Crippen LogP contribution in [0.1, 0.15) is 17.2 Å². The lowest BCUT2D eigenvalue weighted by atomic mass is 10.1. The van der Waals surface area contributed by atoms with Crippen LogP contribution in [-0.2, 0) is 16.4 Å². The first-order chi connectivity index (χ1) is 13.9. The van der Waals surface area contributed by atoms with E-state index in [2.05, 4.69) is 10.0 Å². The Balaban J connectivity index is 1.46. The zero-order valence-electron chi connectivity index (χ0n) is 15.8. The van der Waals surface area contributed by atoms with E-state index < -0.39 is 16.1 Å². The monoisotopic (exact) mass is 412 g/mol. The van der Waals surface area contributed by atoms with E-state index in [1.165, 1.54) is 0 Å². The maximum Gasteiger partial charge on any atom is 0.261 e. The lowest BCUT2D eigenvalue weighted by Crippen LogP contribution is -2.23. The summed E-state index contributed by atoms with van der Waals surface area (Å²) in [5.74, 6) is 0.170. The van der Waals surface area contributed by atoms with Crippen LogP contribution in [0.25, 0.3) is 0 Å². The molecule has 152 valence electrons. The van der Waals surface area contributed by atoms with Crippen LogP contribution in [0.3, 0.4) is 0 Å². The molecule has 6 nitrogen and oxygen atoms in total. The lowest BCUT2D eigenvalue weighted by Gasteiger charge is -2.12. The molecule has 1 unspecified atom stereocenters. The third kappa shape index (κ3) is 6.05. The number of benzene rings is 3. The van der Waals surface area contributed by atoms with Gasteiger partial charge in [-0.1, -0.05) is 42.5 Å². The quantitative estimate of drug-likeness (QED) is 0.405. The van der Waals surface area contributed by atoms with Gasteiger partial charge in [0.1, 0.15) is 5.75 Å². The van der Waals surface area contributed by atoms with Gasteiger partial charge in [-0.05, 0) is 60.5 Å². The van der Waals surface area contributed by atoms with Crippen LogP contribution in [0, 0.1) is 0 Å². The molecule has 0 bridgehead atoms. The van der Waals surface area contributed by atoms with Gasteiger partial charge in [-0.15, -0.1) is 0 Å². The first-order valence-electron chi connectivity index (χ1n) is 9.28. The predicted octanol–water partition coefficient (Wildman–Crippen LogP) is 3.06. The molecule has 0 fully saturated rings. The molecule has 0 aliphatic rings. The number of aromatic hydroxyl groups is 1. The first kappa shape index (κ1) is 20.9. The second-order valence-corrected chi connectivity index (χ2v) is 8.36. The minimum absolute atomic E-state index is 0.170. The van der Waals surface area contributed by atoms with Gasteiger partial charge >= 0.3 is 0 Å². The Hall–Kier alpha value is -2.87. The van der Waals surface area contributed by atoms with E-state index in [4.69, 9.17) is 0 Å². The van der Waals surface area contributed by atoms with E-state index >= 15 is 0 Å². The van der Waals surface area contributed by atoms with Gasteiger partial charge in [0.2, 0.25) is 0 Å². The van der Waals surface area contributed by atoms with Gasteiger partial charge in [0.15, 0.2) is 0 Å². The van der Waals surface area contributed by atoms with Gasteiger partial charge in [0.05, 0.1) is 11.0 Å². The Morgan fingerprint density at radius 1 is 0.862 bits per heavy atom. The van der Waals surface area contributed by atoms with E-state index in [1.807, 2.05) is 12.1 Å². The van der Waals surface area contributed by atoms with Crippen molar-refractivity contribution in [1.82, 2.24) is 5.32 Å². The number of hydrogen-bond acceptors (Lipinski definition) is 5. The molecule has 0 radical (unpaired) electrons. The van der Waals surface area contributed by atoms with Crippen LogP contribution in [0.2, 0.25) is 0 Å². The normalized spacial score (nSPS) is 12.4. The number of phenolic OH excluding ortho intramolecular Hbond substituents is 1. The minimum Gasteiger partial charge on any atom is -0.508 e. The zero-order chi connectivity index (χ0) is 20.7. The molecule has 3 aromatic rings. The van der Waals surface area contributed by atoms with Gasteiger partial charge in [-0.3, -0.25) is 4.72 Å². The number of rotatable bonds is 9. The summed E-state index contributed by atoms with van der Waals surface area (Å²) < 4.78 is 27.2. The molecule has 0 saturated carbocycles. The van der Waals surface area contributed by atoms with Gasteiger partial charge in [-0.25, -0.2) is 8.42 Å². The minimum atomic E-state index is -3.59. The van der Waals surface area contributed by atoms with Crippen LogP contribution in [0.15, 0.2) is 83.8 Å². The highest BCUT2D eigenvalue weighted by Gasteiger charge is 2.13. The molecule has 7 heteroatoms. The Morgan fingerprint density at radius 2 is 1.52 bits per heavy atom. The van der Waals surface area contributed by atoms with E-state index in [-0.39, 0.29) is 10.6 Å². The number of anilines is 1. The standard InChI is InChI=1S/C22H24N2O4S/c25-20-12-8-18(9-13-20)22(26)16-23-15-14-17-6-10-19(11-7-17)24-29(27,28)21-4-2-1-3-5-21/h1-13,22-26H,14-16H2. The molecule has 0 amide bonds. The molecule has 4 N–H and O–H groups in total. The van der Waals surface area contributed by atoms with Crippen LogP contribution in [0.5, 0.6) is 5.75 Å². The van der Waals surface area contributed by atoms with Crippen molar-refractivity contribution in [3.63, 3.8) is 0 Å². The molecule has 0 spiro atoms. The SMILES string of the molecule is O=S(=O)(Nc1ccc(CCNCC(O)c2ccc(O)cc2)cc1)c1ccccc1. The molecular weight excluding hydrogens is 388 g/mol. The third-order valence-electron chi connectivity index (χ3n) is 4.47. The van der Waals surface area contributed by atoms with Crippen molar-refractivity contribution in [2.45, 2.75) is 17.4 Å². The zero-order valence-corrected chi connectivity index (χ0v) is 16.6. The molecule has 0 aliphatic carbocycles. The smallest absolute Gasteiger partial charge is 0.261 e. The number of nitrogens with one attached hydrogen (secondary N) is 2. The highest BCUT2D eigenvalue weighted by Crippen LogP contribution is 2.17. The summed E-state index contributed by atoms with van der Waals surface area (Å²) in [5, 5.41) is 22.6. The summed E-state index contributed by atoms with van der Waals surface area (Å²) in [5.41, 5.74) is 2.30. The number of hydrogen-bond donors (Lipinski definition) is 4. The molecule has 3 rings (SSSR count). The Labute approximate surface area is 170 Å². The number of phenols is 1. The summed E-state index contributed by atoms with van der Waals surface area (Å²) in [7, 11) is -3.59. The fourth-order valence-corrected chi connectivity index (χ4v) is 3.92. The molecule has 0 aromatic heterocycles. The molecule has 29 heavy (non-hydrogen) atoms. The van der Waals surface area contributed by atoms with Crippen molar-refractivity contribution < 1.29 is 18.6 Å². The topological polar surface area (TPSA) is 98.7 Å². The summed E-state index contributed by atoms with van der Waals surface area (Å²) in [6.07, 6.45) is 0.0963. The Morgan fingerprint density at radius 3 is 2.17 bits per heavy atom. The highest BCUT2D eigenvalue weighted by molar-refractivity contribution is 7.92. The van der Waals surface area contributed by atoms with Crippen molar-refractivity contribution >= 4 is 15.7 Å². The van der Waals surface area contributed by atoms with Crippen molar-refractivity contribution in [3.05, 3.63) is 90.0 Å². The van der Waals surface area contributed by atoms with Gasteiger partial charge < -0.3 is 15.5 Å². The Kier molecular flexibility index (Phi) is 6.87. The molecule has 1 atom stereocenters. The predicted molar refractivity (Wildman–Crippen MR) is 113 cm³/mol. The summed E-state index contributed by atoms with van der Waals surface area (Å²) in [4.78, 5) is 0.223. The second-order valence-electron chi connectivity index (χ2n) is 6.68. The van der Waals surface area contributed by atoms with Crippen LogP contribution < -0.4 is 10.0 Å². The summed E-state index contributed by atoms with van der Waals surface area (Å²) >= 11 is 0. The average molecular weight is 413 g/mol. The third-order valence-corrected chi connectivity index (χ3v) is 5.86. The van der Waals surface area contributed by atoms with Crippen molar-refractivity contribution in [3.8, 4) is 5.75 Å². The van der Waals surface area contributed by atoms with Gasteiger partial charge in [0, 0.05) is 12.2 Å². The largest absolute Gasteiger partial charge is 0.508 e. The van der Waals surface area contributed by atoms with Gasteiger partial charge in [0.25, 0.3) is 10.0 Å². The number of aliphatic hydroxyl groups is 1. The van der Waals surface area contributed by atoms with E-state index in [9.17, 15) is 18.6 Å². The molecular formula is C22H24N2O4S. The van der Waals surface area contributed by atoms with E-state index in [0.717, 1.165) is 17.5 Å². The number of sulfonamides is 1. The lowest BCUT2D eigenvalue weighted by molar-refractivity contribution is 0.175. The fourth-order valence-electron chi connectivity index (χ4n) is 2.84. The fraction of sp³-hybridized carbons (Fsp3) is 0.182. The van der Waals surface area contributed by atoms with Crippen LogP contribution in [-0.4, -0.2) is 31.7 Å². The highest BCUT2D eigenvalue weighted by atomic mass is 32.2. The number of aliphatic hydroxyl groups excluding tert-OH is 1. The maximum atomic E-state index is 12.3. The summed E-state index contributed by atoms with van der Waals surface area (Å²) in [6, 6.07) is 21.9. The molecule has 0 saturated heterocycles. The van der Waals surface area contributed by atoms with Crippen LogP contribution in [0.4, 0.5) is 5.69 Å². The van der Waals surface area contributed by atoms with Crippen molar-refractivity contribution in [1.29, 1.82) is 0 Å². The van der Waals surface area contributed by atoms with E-state index in [1.54, 1.807) is 66.7 Å². The maximum absolute atomic E-state index is 12.3. The molecule has 0 aliphatic heterocycles. The average Bonchev–Trinajstić information content (AvgIpc) is 2.73. The first-order valence-corrected chi connectivity index (χ1v) is 10.8. The summed E-state index contributed by atoms with van der Waals surface area (Å²) in [6.45, 7) is 1.07. The van der Waals surface area contributed by atoms with E-state index in [0.29, 0.717) is 18.8 Å². The van der Waals surface area contributed by atoms with Crippen molar-refractivity contribution in [2.24, 2.45) is 0 Å². The van der Waals surface area contributed by atoms with Gasteiger partial charge in [-0.2, -0.15) is 0 Å².